The van der Waals surface area contributed by atoms with Gasteiger partial charge in [-0.25, -0.2) is 4.98 Å². The van der Waals surface area contributed by atoms with Crippen molar-refractivity contribution in [1.29, 1.82) is 0 Å². The van der Waals surface area contributed by atoms with Gasteiger partial charge >= 0.3 is 0 Å². The largest absolute Gasteiger partial charge is 0.355 e. The van der Waals surface area contributed by atoms with Crippen molar-refractivity contribution in [2.45, 2.75) is 38.3 Å². The van der Waals surface area contributed by atoms with E-state index in [0.29, 0.717) is 0 Å². The Hall–Kier alpha value is -1.13. The van der Waals surface area contributed by atoms with Crippen LogP contribution in [0, 0.1) is 0 Å². The molecule has 1 aromatic rings. The van der Waals surface area contributed by atoms with Gasteiger partial charge in [-0.05, 0) is 57.0 Å². The number of pyridine rings is 1. The summed E-state index contributed by atoms with van der Waals surface area (Å²) in [6.07, 6.45) is 5.89. The highest BCUT2D eigenvalue weighted by molar-refractivity contribution is 5.43. The minimum absolute atomic E-state index is 0.0822. The molecule has 0 radical (unpaired) electrons. The molecule has 19 heavy (non-hydrogen) atoms. The minimum Gasteiger partial charge on any atom is -0.355 e. The van der Waals surface area contributed by atoms with E-state index >= 15 is 0 Å². The van der Waals surface area contributed by atoms with Gasteiger partial charge in [-0.1, -0.05) is 0 Å². The molecule has 3 rings (SSSR count). The number of hydrogen-bond donors (Lipinski definition) is 1. The summed E-state index contributed by atoms with van der Waals surface area (Å²) in [5.41, 5.74) is 7.13. The molecule has 0 saturated carbocycles. The molecule has 2 N–H and O–H groups in total. The second kappa shape index (κ2) is 5.47. The normalized spacial score (nSPS) is 26.0. The first-order valence-corrected chi connectivity index (χ1v) is 7.44. The molecule has 4 nitrogen and oxygen atoms in total. The zero-order valence-electron chi connectivity index (χ0n) is 11.8. The number of likely N-dealkylation sites (tertiary alicyclic amines) is 1. The third-order valence-electron chi connectivity index (χ3n) is 4.44. The summed E-state index contributed by atoms with van der Waals surface area (Å²) in [5, 5.41) is 0. The smallest absolute Gasteiger partial charge is 0.128 e. The average molecular weight is 260 g/mol. The lowest BCUT2D eigenvalue weighted by atomic mass is 10.1. The zero-order valence-corrected chi connectivity index (χ0v) is 11.8. The van der Waals surface area contributed by atoms with Gasteiger partial charge in [0.1, 0.15) is 5.82 Å². The molecule has 2 unspecified atom stereocenters. The van der Waals surface area contributed by atoms with Crippen LogP contribution < -0.4 is 10.6 Å². The first-order valence-electron chi connectivity index (χ1n) is 7.44. The van der Waals surface area contributed by atoms with E-state index in [1.165, 1.54) is 37.9 Å². The molecule has 2 aliphatic rings. The Morgan fingerprint density at radius 2 is 2.11 bits per heavy atom. The van der Waals surface area contributed by atoms with Crippen molar-refractivity contribution in [3.63, 3.8) is 0 Å². The van der Waals surface area contributed by atoms with Gasteiger partial charge in [0, 0.05) is 31.4 Å². The first-order chi connectivity index (χ1) is 9.24. The molecule has 0 bridgehead atoms. The van der Waals surface area contributed by atoms with Crippen molar-refractivity contribution in [1.82, 2.24) is 9.88 Å². The molecule has 2 aliphatic heterocycles. The number of rotatable bonds is 3. The molecule has 2 saturated heterocycles. The van der Waals surface area contributed by atoms with E-state index in [1.807, 2.05) is 19.2 Å². The highest BCUT2D eigenvalue weighted by Gasteiger charge is 2.29. The van der Waals surface area contributed by atoms with Crippen molar-refractivity contribution in [3.8, 4) is 0 Å². The van der Waals surface area contributed by atoms with Crippen molar-refractivity contribution < 1.29 is 0 Å². The van der Waals surface area contributed by atoms with Gasteiger partial charge in [0.15, 0.2) is 0 Å². The molecular weight excluding hydrogens is 236 g/mol. The van der Waals surface area contributed by atoms with Crippen LogP contribution in [0.1, 0.15) is 37.8 Å². The fraction of sp³-hybridized carbons (Fsp3) is 0.667. The van der Waals surface area contributed by atoms with Crippen LogP contribution in [0.3, 0.4) is 0 Å². The molecule has 0 spiro atoms. The molecule has 4 heteroatoms. The monoisotopic (exact) mass is 260 g/mol. The molecule has 0 aromatic carbocycles. The molecule has 3 heterocycles. The van der Waals surface area contributed by atoms with Gasteiger partial charge in [0.05, 0.1) is 0 Å². The molecule has 1 aromatic heterocycles. The Labute approximate surface area is 115 Å². The Kier molecular flexibility index (Phi) is 3.71. The molecule has 104 valence electrons. The fourth-order valence-electron chi connectivity index (χ4n) is 3.25. The summed E-state index contributed by atoms with van der Waals surface area (Å²) < 4.78 is 0. The Balaban J connectivity index is 1.68. The van der Waals surface area contributed by atoms with E-state index in [1.54, 1.807) is 0 Å². The number of anilines is 1. The van der Waals surface area contributed by atoms with E-state index in [-0.39, 0.29) is 6.04 Å². The summed E-state index contributed by atoms with van der Waals surface area (Å²) in [6.45, 7) is 6.83. The van der Waals surface area contributed by atoms with Crippen LogP contribution in [-0.2, 0) is 0 Å². The van der Waals surface area contributed by atoms with Gasteiger partial charge in [-0.2, -0.15) is 0 Å². The van der Waals surface area contributed by atoms with Crippen LogP contribution in [0.25, 0.3) is 0 Å². The van der Waals surface area contributed by atoms with Gasteiger partial charge in [-0.3, -0.25) is 4.90 Å². The van der Waals surface area contributed by atoms with Crippen LogP contribution in [0.15, 0.2) is 18.3 Å². The number of nitrogens with two attached hydrogens (primary N) is 1. The van der Waals surface area contributed by atoms with E-state index in [4.69, 9.17) is 5.73 Å². The lowest BCUT2D eigenvalue weighted by molar-refractivity contribution is 0.260. The first kappa shape index (κ1) is 12.9. The Morgan fingerprint density at radius 1 is 1.32 bits per heavy atom. The molecule has 0 amide bonds. The van der Waals surface area contributed by atoms with Gasteiger partial charge in [0.2, 0.25) is 0 Å². The van der Waals surface area contributed by atoms with Crippen LogP contribution in [0.4, 0.5) is 5.82 Å². The van der Waals surface area contributed by atoms with Crippen molar-refractivity contribution in [2.24, 2.45) is 5.73 Å². The third kappa shape index (κ3) is 2.74. The van der Waals surface area contributed by atoms with Gasteiger partial charge < -0.3 is 10.6 Å². The summed E-state index contributed by atoms with van der Waals surface area (Å²) in [7, 11) is 0. The molecule has 2 atom stereocenters. The maximum atomic E-state index is 5.95. The fourth-order valence-corrected chi connectivity index (χ4v) is 3.25. The second-order valence-corrected chi connectivity index (χ2v) is 5.87. The lowest BCUT2D eigenvalue weighted by Crippen LogP contribution is -2.35. The van der Waals surface area contributed by atoms with E-state index in [2.05, 4.69) is 20.9 Å². The summed E-state index contributed by atoms with van der Waals surface area (Å²) >= 11 is 0. The Morgan fingerprint density at radius 3 is 2.84 bits per heavy atom. The topological polar surface area (TPSA) is 45.4 Å². The SMILES string of the molecule is CC(N)c1ccnc(N2CCC(N3CCCC3)C2)c1. The van der Waals surface area contributed by atoms with Crippen molar-refractivity contribution in [3.05, 3.63) is 23.9 Å². The molecule has 0 aliphatic carbocycles. The predicted molar refractivity (Wildman–Crippen MR) is 78.3 cm³/mol. The van der Waals surface area contributed by atoms with Crippen LogP contribution >= 0.6 is 0 Å². The number of hydrogen-bond acceptors (Lipinski definition) is 4. The van der Waals surface area contributed by atoms with E-state index in [0.717, 1.165) is 24.9 Å². The standard InChI is InChI=1S/C15H24N4/c1-12(16)13-4-6-17-15(10-13)19-9-5-14(11-19)18-7-2-3-8-18/h4,6,10,12,14H,2-3,5,7-9,11,16H2,1H3. The number of aromatic nitrogens is 1. The van der Waals surface area contributed by atoms with Crippen LogP contribution in [-0.4, -0.2) is 42.1 Å². The summed E-state index contributed by atoms with van der Waals surface area (Å²) in [6, 6.07) is 4.97. The van der Waals surface area contributed by atoms with Gasteiger partial charge in [-0.15, -0.1) is 0 Å². The third-order valence-corrected chi connectivity index (χ3v) is 4.44. The zero-order chi connectivity index (χ0) is 13.2. The maximum Gasteiger partial charge on any atom is 0.128 e. The highest BCUT2D eigenvalue weighted by atomic mass is 15.3. The highest BCUT2D eigenvalue weighted by Crippen LogP contribution is 2.25. The number of nitrogens with zero attached hydrogens (tertiary/aromatic N) is 3. The van der Waals surface area contributed by atoms with Crippen molar-refractivity contribution >= 4 is 5.82 Å². The van der Waals surface area contributed by atoms with Gasteiger partial charge in [0.25, 0.3) is 0 Å². The van der Waals surface area contributed by atoms with Crippen LogP contribution in [0.2, 0.25) is 0 Å². The van der Waals surface area contributed by atoms with E-state index in [9.17, 15) is 0 Å². The van der Waals surface area contributed by atoms with Crippen molar-refractivity contribution in [2.75, 3.05) is 31.1 Å². The minimum atomic E-state index is 0.0822. The molecule has 2 fully saturated rings. The van der Waals surface area contributed by atoms with Crippen LogP contribution in [0.5, 0.6) is 0 Å². The summed E-state index contributed by atoms with van der Waals surface area (Å²) in [4.78, 5) is 9.58. The molecular formula is C15H24N4. The average Bonchev–Trinajstić information content (AvgIpc) is 3.09. The maximum absolute atomic E-state index is 5.95. The Bertz CT molecular complexity index is 426. The summed E-state index contributed by atoms with van der Waals surface area (Å²) in [5.74, 6) is 1.09. The van der Waals surface area contributed by atoms with E-state index < -0.39 is 0 Å². The quantitative estimate of drug-likeness (QED) is 0.900. The second-order valence-electron chi connectivity index (χ2n) is 5.87. The lowest BCUT2D eigenvalue weighted by Gasteiger charge is -2.24. The predicted octanol–water partition coefficient (Wildman–Crippen LogP) is 1.78.